The van der Waals surface area contributed by atoms with Gasteiger partial charge in [0, 0.05) is 17.0 Å². The highest BCUT2D eigenvalue weighted by Crippen LogP contribution is 2.34. The minimum absolute atomic E-state index is 0.0537. The highest BCUT2D eigenvalue weighted by Gasteiger charge is 2.35. The van der Waals surface area contributed by atoms with Crippen LogP contribution < -0.4 is 13.2 Å². The van der Waals surface area contributed by atoms with Gasteiger partial charge in [-0.25, -0.2) is 9.03 Å². The molecule has 1 saturated heterocycles. The molecule has 2 aromatic carbocycles. The molecule has 9 nitrogen and oxygen atoms in total. The number of carbonyl (C=O) groups is 1. The van der Waals surface area contributed by atoms with Crippen LogP contribution in [-0.2, 0) is 31.5 Å². The number of aromatic hydroxyl groups is 1. The molecule has 12 heteroatoms. The van der Waals surface area contributed by atoms with Crippen molar-refractivity contribution in [3.8, 4) is 11.5 Å². The van der Waals surface area contributed by atoms with E-state index in [1.807, 2.05) is 4.72 Å². The van der Waals surface area contributed by atoms with E-state index in [4.69, 9.17) is 15.8 Å². The molecule has 2 aromatic rings. The van der Waals surface area contributed by atoms with Gasteiger partial charge in [-0.15, -0.1) is 0 Å². The molecule has 1 aliphatic rings. The summed E-state index contributed by atoms with van der Waals surface area (Å²) >= 11 is 6.08. The monoisotopic (exact) mass is 460 g/mol. The molecular formula is C17H17ClN2O7S2. The van der Waals surface area contributed by atoms with Crippen LogP contribution >= 0.6 is 11.6 Å². The lowest BCUT2D eigenvalue weighted by Gasteiger charge is -2.17. The van der Waals surface area contributed by atoms with Gasteiger partial charge in [0.1, 0.15) is 18.0 Å². The summed E-state index contributed by atoms with van der Waals surface area (Å²) in [4.78, 5) is 11.4. The number of hydrogen-bond donors (Lipinski definition) is 2. The number of phenols is 1. The van der Waals surface area contributed by atoms with Crippen LogP contribution in [0.15, 0.2) is 30.3 Å². The van der Waals surface area contributed by atoms with Crippen LogP contribution in [0, 0.1) is 6.92 Å². The third-order valence-corrected chi connectivity index (χ3v) is 6.15. The summed E-state index contributed by atoms with van der Waals surface area (Å²) in [5.74, 6) is -0.922. The first-order chi connectivity index (χ1) is 13.4. The van der Waals surface area contributed by atoms with Gasteiger partial charge in [-0.1, -0.05) is 17.7 Å². The number of carbonyl (C=O) groups excluding carboxylic acids is 1. The number of anilines is 1. The fourth-order valence-corrected chi connectivity index (χ4v) is 4.97. The van der Waals surface area contributed by atoms with E-state index in [-0.39, 0.29) is 23.6 Å². The smallest absolute Gasteiger partial charge is 0.326 e. The van der Waals surface area contributed by atoms with Crippen molar-refractivity contribution >= 4 is 43.5 Å². The van der Waals surface area contributed by atoms with E-state index >= 15 is 0 Å². The zero-order valence-corrected chi connectivity index (χ0v) is 17.7. The van der Waals surface area contributed by atoms with Crippen LogP contribution in [0.4, 0.5) is 5.69 Å². The van der Waals surface area contributed by atoms with Crippen molar-refractivity contribution in [2.24, 2.45) is 0 Å². The summed E-state index contributed by atoms with van der Waals surface area (Å²) in [5, 5.41) is 10.7. The Morgan fingerprint density at radius 1 is 1.28 bits per heavy atom. The molecule has 1 amide bonds. The maximum absolute atomic E-state index is 11.9. The minimum atomic E-state index is -4.05. The Hall–Kier alpha value is -2.50. The molecular weight excluding hydrogens is 444 g/mol. The zero-order chi connectivity index (χ0) is 21.6. The van der Waals surface area contributed by atoms with E-state index in [2.05, 4.69) is 0 Å². The lowest BCUT2D eigenvalue weighted by atomic mass is 10.0. The fraction of sp³-hybridized carbons (Fsp3) is 0.235. The summed E-state index contributed by atoms with van der Waals surface area (Å²) in [5.41, 5.74) is 1.48. The van der Waals surface area contributed by atoms with Crippen LogP contribution in [0.1, 0.15) is 16.7 Å². The van der Waals surface area contributed by atoms with Gasteiger partial charge in [0.2, 0.25) is 0 Å². The number of aryl methyl sites for hydroxylation is 1. The largest absolute Gasteiger partial charge is 0.506 e. The minimum Gasteiger partial charge on any atom is -0.506 e. The summed E-state index contributed by atoms with van der Waals surface area (Å²) in [6.07, 6.45) is 1.08. The van der Waals surface area contributed by atoms with E-state index < -0.39 is 32.8 Å². The molecule has 0 atom stereocenters. The lowest BCUT2D eigenvalue weighted by Crippen LogP contribution is -2.29. The fourth-order valence-electron chi connectivity index (χ4n) is 2.97. The first-order valence-corrected chi connectivity index (χ1v) is 11.8. The van der Waals surface area contributed by atoms with E-state index in [1.165, 1.54) is 12.1 Å². The van der Waals surface area contributed by atoms with Crippen LogP contribution in [0.3, 0.4) is 0 Å². The lowest BCUT2D eigenvalue weighted by molar-refractivity contribution is -0.117. The van der Waals surface area contributed by atoms with Crippen molar-refractivity contribution in [3.63, 3.8) is 0 Å². The van der Waals surface area contributed by atoms with Gasteiger partial charge in [-0.05, 0) is 42.3 Å². The molecule has 0 aromatic heterocycles. The summed E-state index contributed by atoms with van der Waals surface area (Å²) in [6, 6.07) is 7.35. The predicted octanol–water partition coefficient (Wildman–Crippen LogP) is 1.46. The van der Waals surface area contributed by atoms with Crippen LogP contribution in [0.25, 0.3) is 0 Å². The topological polar surface area (TPSA) is 130 Å². The average molecular weight is 461 g/mol. The zero-order valence-electron chi connectivity index (χ0n) is 15.3. The van der Waals surface area contributed by atoms with Crippen LogP contribution in [0.5, 0.6) is 11.5 Å². The Kier molecular flexibility index (Phi) is 5.41. The second-order valence-electron chi connectivity index (χ2n) is 6.54. The molecule has 0 unspecified atom stereocenters. The Morgan fingerprint density at radius 3 is 2.52 bits per heavy atom. The number of benzene rings is 2. The number of nitrogens with one attached hydrogen (secondary N) is 1. The van der Waals surface area contributed by atoms with Gasteiger partial charge in [-0.2, -0.15) is 16.8 Å². The van der Waals surface area contributed by atoms with Crippen molar-refractivity contribution in [3.05, 3.63) is 52.0 Å². The molecule has 156 valence electrons. The number of hydrogen-bond acceptors (Lipinski definition) is 7. The van der Waals surface area contributed by atoms with Crippen molar-refractivity contribution in [2.45, 2.75) is 13.3 Å². The first-order valence-electron chi connectivity index (χ1n) is 8.19. The highest BCUT2D eigenvalue weighted by atomic mass is 35.5. The van der Waals surface area contributed by atoms with Gasteiger partial charge in [-0.3, -0.25) is 4.79 Å². The van der Waals surface area contributed by atoms with E-state index in [0.717, 1.165) is 10.6 Å². The molecule has 3 rings (SSSR count). The highest BCUT2D eigenvalue weighted by molar-refractivity contribution is 7.92. The second kappa shape index (κ2) is 7.39. The van der Waals surface area contributed by atoms with Gasteiger partial charge in [0.25, 0.3) is 5.91 Å². The molecule has 0 spiro atoms. The van der Waals surface area contributed by atoms with Crippen molar-refractivity contribution in [2.75, 3.05) is 17.1 Å². The van der Waals surface area contributed by atoms with Gasteiger partial charge < -0.3 is 9.29 Å². The maximum atomic E-state index is 11.9. The van der Waals surface area contributed by atoms with Crippen molar-refractivity contribution < 1.29 is 30.9 Å². The average Bonchev–Trinajstić information content (AvgIpc) is 2.82. The standard InChI is InChI=1S/C17H17ClN2O7S2/c1-10-5-13(18)8-12(17(10)27-28(2,23)24)6-11-3-4-14(15(21)7-11)20-9-16(22)19-29(20,25)26/h3-5,7-8,21H,6,9H2,1-2H3,(H,19,22). The SMILES string of the molecule is Cc1cc(Cl)cc(Cc2ccc(N3CC(=O)NS3(=O)=O)c(O)c2)c1OS(C)(=O)=O. The third kappa shape index (κ3) is 4.74. The van der Waals surface area contributed by atoms with E-state index in [9.17, 15) is 26.7 Å². The molecule has 0 saturated carbocycles. The molecule has 2 N–H and O–H groups in total. The number of halogens is 1. The van der Waals surface area contributed by atoms with Gasteiger partial charge >= 0.3 is 20.3 Å². The van der Waals surface area contributed by atoms with Crippen molar-refractivity contribution in [1.82, 2.24) is 4.72 Å². The van der Waals surface area contributed by atoms with E-state index in [1.54, 1.807) is 25.1 Å². The Balaban J connectivity index is 1.96. The number of amides is 1. The van der Waals surface area contributed by atoms with E-state index in [0.29, 0.717) is 21.7 Å². The quantitative estimate of drug-likeness (QED) is 0.646. The molecule has 0 aliphatic carbocycles. The molecule has 0 bridgehead atoms. The summed E-state index contributed by atoms with van der Waals surface area (Å²) in [6.45, 7) is 1.22. The number of phenolic OH excluding ortho intramolecular Hbond substituents is 1. The van der Waals surface area contributed by atoms with Gasteiger partial charge in [0.05, 0.1) is 11.9 Å². The Morgan fingerprint density at radius 2 is 1.97 bits per heavy atom. The molecule has 1 aliphatic heterocycles. The Bertz CT molecular complexity index is 1210. The van der Waals surface area contributed by atoms with Gasteiger partial charge in [0.15, 0.2) is 0 Å². The Labute approximate surface area is 173 Å². The maximum Gasteiger partial charge on any atom is 0.326 e. The second-order valence-corrected chi connectivity index (χ2v) is 10.1. The van der Waals surface area contributed by atoms with Crippen LogP contribution in [0.2, 0.25) is 5.02 Å². The third-order valence-electron chi connectivity index (χ3n) is 4.07. The predicted molar refractivity (Wildman–Crippen MR) is 107 cm³/mol. The molecule has 1 fully saturated rings. The molecule has 0 radical (unpaired) electrons. The number of nitrogens with zero attached hydrogens (tertiary/aromatic N) is 1. The van der Waals surface area contributed by atoms with Crippen molar-refractivity contribution in [1.29, 1.82) is 0 Å². The number of rotatable bonds is 5. The van der Waals surface area contributed by atoms with Crippen LogP contribution in [-0.4, -0.2) is 40.6 Å². The summed E-state index contributed by atoms with van der Waals surface area (Å²) < 4.78 is 54.7. The molecule has 29 heavy (non-hydrogen) atoms. The normalized spacial score (nSPS) is 16.0. The first kappa shape index (κ1) is 21.2. The summed E-state index contributed by atoms with van der Waals surface area (Å²) in [7, 11) is -7.83. The molecule has 1 heterocycles.